The van der Waals surface area contributed by atoms with Crippen LogP contribution < -0.4 is 28.3 Å². The maximum absolute atomic E-state index is 10.7. The molecule has 1 aromatic heterocycles. The molecule has 17 heavy (non-hydrogen) atoms. The van der Waals surface area contributed by atoms with Gasteiger partial charge in [-0.25, -0.2) is 0 Å². The molecule has 0 aliphatic carbocycles. The second-order valence-corrected chi connectivity index (χ2v) is 3.92. The molecule has 86 valence electrons. The second kappa shape index (κ2) is 5.60. The molecule has 0 amide bonds. The molecule has 0 radical (unpaired) electrons. The summed E-state index contributed by atoms with van der Waals surface area (Å²) in [6, 6.07) is 4.68. The van der Waals surface area contributed by atoms with Crippen molar-refractivity contribution in [2.24, 2.45) is 0 Å². The normalized spacial score (nSPS) is 11.9. The van der Waals surface area contributed by atoms with Crippen LogP contribution in [0.1, 0.15) is 0 Å². The number of hydrogen-bond donors (Lipinski definition) is 0. The summed E-state index contributed by atoms with van der Waals surface area (Å²) in [5.74, 6) is 1.02. The molecule has 0 saturated heterocycles. The fourth-order valence-electron chi connectivity index (χ4n) is 1.42. The van der Waals surface area contributed by atoms with Gasteiger partial charge in [-0.05, 0) is 6.07 Å². The van der Waals surface area contributed by atoms with Crippen LogP contribution in [0.2, 0.25) is 0 Å². The number of rotatable bonds is 3. The minimum absolute atomic E-state index is 0. The van der Waals surface area contributed by atoms with E-state index in [4.69, 9.17) is 13.9 Å². The Morgan fingerprint density at radius 1 is 1.18 bits per heavy atom. The first-order chi connectivity index (χ1) is 7.65. The predicted octanol–water partition coefficient (Wildman–Crippen LogP) is -1.31. The number of ether oxygens (including phenoxy) is 2. The van der Waals surface area contributed by atoms with Gasteiger partial charge in [0.05, 0.1) is 14.2 Å². The van der Waals surface area contributed by atoms with E-state index in [2.05, 4.69) is 0 Å². The number of methoxy groups -OCH3 is 2. The maximum atomic E-state index is 10.7. The van der Waals surface area contributed by atoms with E-state index in [0.29, 0.717) is 22.5 Å². The largest absolute Gasteiger partial charge is 1.00 e. The van der Waals surface area contributed by atoms with Crippen LogP contribution in [0.25, 0.3) is 11.0 Å². The van der Waals surface area contributed by atoms with Crippen LogP contribution in [-0.4, -0.2) is 23.0 Å². The standard InChI is InChI=1S/C10H10O5S.Li/c1-13-8-3-6-4-10(16(11)12)15-7(6)5-9(8)14-2;/h3-5H,1-2H3,(H,11,12);/q;+1/p-1. The third kappa shape index (κ3) is 2.67. The van der Waals surface area contributed by atoms with Crippen molar-refractivity contribution in [2.45, 2.75) is 5.09 Å². The molecule has 1 atom stereocenters. The monoisotopic (exact) mass is 248 g/mol. The number of fused-ring (bicyclic) bond motifs is 1. The van der Waals surface area contributed by atoms with Gasteiger partial charge in [0.1, 0.15) is 5.58 Å². The molecule has 1 aromatic carbocycles. The van der Waals surface area contributed by atoms with E-state index in [9.17, 15) is 8.76 Å². The smallest absolute Gasteiger partial charge is 0.766 e. The minimum atomic E-state index is -2.38. The average molecular weight is 248 g/mol. The van der Waals surface area contributed by atoms with E-state index in [0.717, 1.165) is 0 Å². The van der Waals surface area contributed by atoms with Gasteiger partial charge in [0.25, 0.3) is 0 Å². The van der Waals surface area contributed by atoms with Gasteiger partial charge in [-0.15, -0.1) is 0 Å². The van der Waals surface area contributed by atoms with Crippen LogP contribution in [0.3, 0.4) is 0 Å². The van der Waals surface area contributed by atoms with Crippen LogP contribution in [0.4, 0.5) is 0 Å². The van der Waals surface area contributed by atoms with Crippen LogP contribution >= 0.6 is 0 Å². The molecule has 0 N–H and O–H groups in total. The Labute approximate surface area is 113 Å². The predicted molar refractivity (Wildman–Crippen MR) is 56.5 cm³/mol. The Kier molecular flexibility index (Phi) is 4.66. The topological polar surface area (TPSA) is 71.7 Å². The van der Waals surface area contributed by atoms with Crippen molar-refractivity contribution in [1.29, 1.82) is 0 Å². The third-order valence-corrected chi connectivity index (χ3v) is 2.69. The maximum Gasteiger partial charge on any atom is 1.00 e. The van der Waals surface area contributed by atoms with E-state index in [-0.39, 0.29) is 24.0 Å². The van der Waals surface area contributed by atoms with Crippen molar-refractivity contribution in [2.75, 3.05) is 14.2 Å². The molecule has 2 aromatic rings. The van der Waals surface area contributed by atoms with E-state index in [1.54, 1.807) is 12.1 Å². The van der Waals surface area contributed by atoms with Crippen LogP contribution in [-0.2, 0) is 11.1 Å². The first kappa shape index (κ1) is 14.1. The van der Waals surface area contributed by atoms with Gasteiger partial charge in [0.15, 0.2) is 16.6 Å². The molecular formula is C10H9LiO5S. The van der Waals surface area contributed by atoms with Crippen molar-refractivity contribution in [3.8, 4) is 11.5 Å². The third-order valence-electron chi connectivity index (χ3n) is 2.16. The molecular weight excluding hydrogens is 239 g/mol. The van der Waals surface area contributed by atoms with Crippen molar-refractivity contribution in [1.82, 2.24) is 0 Å². The van der Waals surface area contributed by atoms with E-state index in [1.807, 2.05) is 0 Å². The molecule has 1 heterocycles. The zero-order valence-electron chi connectivity index (χ0n) is 9.68. The first-order valence-electron chi connectivity index (χ1n) is 4.40. The van der Waals surface area contributed by atoms with Gasteiger partial charge in [-0.2, -0.15) is 0 Å². The average Bonchev–Trinajstić information content (AvgIpc) is 2.69. The Balaban J connectivity index is 0.00000144. The summed E-state index contributed by atoms with van der Waals surface area (Å²) in [7, 11) is 3.01. The second-order valence-electron chi connectivity index (χ2n) is 3.05. The van der Waals surface area contributed by atoms with Crippen LogP contribution in [0.5, 0.6) is 11.5 Å². The van der Waals surface area contributed by atoms with Gasteiger partial charge < -0.3 is 18.4 Å². The zero-order valence-corrected chi connectivity index (χ0v) is 10.5. The Hall–Kier alpha value is -0.933. The minimum Gasteiger partial charge on any atom is -0.766 e. The Bertz CT molecular complexity index is 510. The summed E-state index contributed by atoms with van der Waals surface area (Å²) in [5.41, 5.74) is 0.442. The number of benzene rings is 1. The van der Waals surface area contributed by atoms with E-state index in [1.165, 1.54) is 20.3 Å². The Morgan fingerprint density at radius 2 is 1.76 bits per heavy atom. The van der Waals surface area contributed by atoms with Crippen LogP contribution in [0, 0.1) is 0 Å². The molecule has 0 spiro atoms. The number of hydrogen-bond acceptors (Lipinski definition) is 5. The van der Waals surface area contributed by atoms with E-state index < -0.39 is 11.1 Å². The van der Waals surface area contributed by atoms with Crippen LogP contribution in [0.15, 0.2) is 27.7 Å². The molecule has 0 saturated carbocycles. The summed E-state index contributed by atoms with van der Waals surface area (Å²) in [6.07, 6.45) is 0. The molecule has 5 nitrogen and oxygen atoms in total. The fraction of sp³-hybridized carbons (Fsp3) is 0.200. The quantitative estimate of drug-likeness (QED) is 0.498. The fourth-order valence-corrected chi connectivity index (χ4v) is 1.81. The SMILES string of the molecule is COc1cc2cc(S(=O)[O-])oc2cc1OC.[Li+]. The van der Waals surface area contributed by atoms with Gasteiger partial charge in [0.2, 0.25) is 0 Å². The van der Waals surface area contributed by atoms with E-state index >= 15 is 0 Å². The van der Waals surface area contributed by atoms with Crippen molar-refractivity contribution >= 4 is 22.0 Å². The molecule has 7 heteroatoms. The van der Waals surface area contributed by atoms with Gasteiger partial charge in [-0.1, -0.05) is 0 Å². The molecule has 0 aliphatic heterocycles. The van der Waals surface area contributed by atoms with Crippen molar-refractivity contribution in [3.63, 3.8) is 0 Å². The first-order valence-corrected chi connectivity index (χ1v) is 5.48. The summed E-state index contributed by atoms with van der Waals surface area (Å²) < 4.78 is 36.7. The summed E-state index contributed by atoms with van der Waals surface area (Å²) in [5, 5.41) is 0.544. The van der Waals surface area contributed by atoms with Crippen molar-refractivity contribution < 1.29 is 41.5 Å². The van der Waals surface area contributed by atoms with Crippen molar-refractivity contribution in [3.05, 3.63) is 18.2 Å². The van der Waals surface area contributed by atoms with Gasteiger partial charge in [0, 0.05) is 28.6 Å². The molecule has 2 rings (SSSR count). The van der Waals surface area contributed by atoms with Gasteiger partial charge >= 0.3 is 18.9 Å². The summed E-state index contributed by atoms with van der Waals surface area (Å²) >= 11 is -2.38. The summed E-state index contributed by atoms with van der Waals surface area (Å²) in [4.78, 5) is 0. The van der Waals surface area contributed by atoms with Gasteiger partial charge in [-0.3, -0.25) is 4.21 Å². The Morgan fingerprint density at radius 3 is 2.29 bits per heavy atom. The molecule has 0 bridgehead atoms. The molecule has 0 aliphatic rings. The molecule has 1 unspecified atom stereocenters. The molecule has 0 fully saturated rings. The summed E-state index contributed by atoms with van der Waals surface area (Å²) in [6.45, 7) is 0. The zero-order chi connectivity index (χ0) is 11.7. The number of furan rings is 1.